The lowest BCUT2D eigenvalue weighted by molar-refractivity contribution is -0.130. The fraction of sp³-hybridized carbons (Fsp3) is 0.750. The van der Waals surface area contributed by atoms with Crippen LogP contribution in [0.15, 0.2) is 0 Å². The summed E-state index contributed by atoms with van der Waals surface area (Å²) in [4.78, 5) is 20.6. The molecule has 0 bridgehead atoms. The maximum Gasteiger partial charge on any atom is 0.239 e. The second-order valence-corrected chi connectivity index (χ2v) is 2.70. The van der Waals surface area contributed by atoms with Crippen LogP contribution in [0.1, 0.15) is 19.8 Å². The number of rotatable bonds is 2. The molecular weight excluding hydrogens is 170 g/mol. The molecule has 76 valence electrons. The van der Waals surface area contributed by atoms with E-state index < -0.39 is 0 Å². The average Bonchev–Trinajstić information content (AvgIpc) is 2.13. The van der Waals surface area contributed by atoms with Gasteiger partial charge in [0.25, 0.3) is 0 Å². The van der Waals surface area contributed by atoms with Gasteiger partial charge >= 0.3 is 0 Å². The highest BCUT2D eigenvalue weighted by atomic mass is 16.2. The molecule has 0 atom stereocenters. The molecule has 0 saturated carbocycles. The Morgan fingerprint density at radius 3 is 1.85 bits per heavy atom. The summed E-state index contributed by atoms with van der Waals surface area (Å²) in [6, 6.07) is 0. The maximum atomic E-state index is 10.3. The Bertz CT molecular complexity index is 141. The quantitative estimate of drug-likeness (QED) is 0.517. The van der Waals surface area contributed by atoms with Crippen LogP contribution in [0.5, 0.6) is 0 Å². The highest BCUT2D eigenvalue weighted by molar-refractivity contribution is 5.92. The number of hydrogen-bond acceptors (Lipinski definition) is 3. The van der Waals surface area contributed by atoms with Gasteiger partial charge in [0.05, 0.1) is 13.1 Å². The molecule has 1 heterocycles. The van der Waals surface area contributed by atoms with Crippen molar-refractivity contribution in [2.45, 2.75) is 19.8 Å². The largest absolute Gasteiger partial charge is 0.346 e. The zero-order chi connectivity index (χ0) is 10.1. The van der Waals surface area contributed by atoms with Crippen molar-refractivity contribution >= 4 is 11.8 Å². The van der Waals surface area contributed by atoms with Crippen molar-refractivity contribution in [2.75, 3.05) is 19.6 Å². The van der Waals surface area contributed by atoms with Gasteiger partial charge in [0.2, 0.25) is 11.8 Å². The van der Waals surface area contributed by atoms with E-state index in [1.807, 2.05) is 0 Å². The summed E-state index contributed by atoms with van der Waals surface area (Å²) in [6.45, 7) is 3.22. The van der Waals surface area contributed by atoms with Crippen LogP contribution in [0.4, 0.5) is 0 Å². The van der Waals surface area contributed by atoms with E-state index in [2.05, 4.69) is 17.6 Å². The number of amides is 2. The summed E-state index contributed by atoms with van der Waals surface area (Å²) in [5.41, 5.74) is 5.14. The van der Waals surface area contributed by atoms with Crippen molar-refractivity contribution < 1.29 is 9.59 Å². The molecule has 1 saturated heterocycles. The van der Waals surface area contributed by atoms with Crippen LogP contribution >= 0.6 is 0 Å². The number of carbonyl (C=O) groups excluding carboxylic acids is 2. The van der Waals surface area contributed by atoms with E-state index in [1.165, 1.54) is 12.8 Å². The lowest BCUT2D eigenvalue weighted by atomic mass is 10.3. The second kappa shape index (κ2) is 7.54. The molecular formula is C8H17N3O2. The first-order valence-electron chi connectivity index (χ1n) is 4.44. The Kier molecular flexibility index (Phi) is 6.91. The molecule has 1 aliphatic rings. The number of unbranched alkanes of at least 4 members (excludes halogenated alkanes) is 1. The Morgan fingerprint density at radius 1 is 1.23 bits per heavy atom. The molecule has 0 aromatic rings. The van der Waals surface area contributed by atoms with Crippen LogP contribution in [0, 0.1) is 0 Å². The van der Waals surface area contributed by atoms with Crippen molar-refractivity contribution in [2.24, 2.45) is 5.73 Å². The minimum absolute atomic E-state index is 0.121. The molecule has 5 nitrogen and oxygen atoms in total. The number of carbonyl (C=O) groups is 2. The minimum Gasteiger partial charge on any atom is -0.346 e. The van der Waals surface area contributed by atoms with Crippen molar-refractivity contribution in [3.05, 3.63) is 0 Å². The van der Waals surface area contributed by atoms with Gasteiger partial charge in [-0.2, -0.15) is 0 Å². The Morgan fingerprint density at radius 2 is 1.69 bits per heavy atom. The smallest absolute Gasteiger partial charge is 0.239 e. The number of hydrogen-bond donors (Lipinski definition) is 3. The van der Waals surface area contributed by atoms with Gasteiger partial charge in [0.1, 0.15) is 0 Å². The predicted molar refractivity (Wildman–Crippen MR) is 50.0 cm³/mol. The molecule has 0 radical (unpaired) electrons. The summed E-state index contributed by atoms with van der Waals surface area (Å²) in [7, 11) is 0. The molecule has 1 rings (SSSR count). The fourth-order valence-electron chi connectivity index (χ4n) is 0.687. The van der Waals surface area contributed by atoms with Crippen LogP contribution in [0.3, 0.4) is 0 Å². The molecule has 0 aromatic carbocycles. The van der Waals surface area contributed by atoms with Crippen LogP contribution in [0.2, 0.25) is 0 Å². The molecule has 2 amide bonds. The molecule has 0 spiro atoms. The van der Waals surface area contributed by atoms with Gasteiger partial charge in [0.15, 0.2) is 0 Å². The van der Waals surface area contributed by atoms with Crippen molar-refractivity contribution in [3.8, 4) is 0 Å². The first kappa shape index (κ1) is 11.9. The predicted octanol–water partition coefficient (Wildman–Crippen LogP) is -1.02. The van der Waals surface area contributed by atoms with E-state index in [1.54, 1.807) is 0 Å². The highest BCUT2D eigenvalue weighted by Gasteiger charge is 2.11. The maximum absolute atomic E-state index is 10.3. The fourth-order valence-corrected chi connectivity index (χ4v) is 0.687. The standard InChI is InChI=1S/C4H6N2O2.C4H11N/c7-3-1-5-4(8)2-6-3;1-2-3-4-5/h1-2H2,(H,5,8)(H,6,7);2-5H2,1H3. The Balaban J connectivity index is 0.000000252. The van der Waals surface area contributed by atoms with E-state index in [-0.39, 0.29) is 24.9 Å². The molecule has 1 fully saturated rings. The van der Waals surface area contributed by atoms with Gasteiger partial charge in [-0.25, -0.2) is 0 Å². The highest BCUT2D eigenvalue weighted by Crippen LogP contribution is 1.77. The van der Waals surface area contributed by atoms with Crippen LogP contribution < -0.4 is 16.4 Å². The van der Waals surface area contributed by atoms with Gasteiger partial charge < -0.3 is 16.4 Å². The minimum atomic E-state index is -0.121. The average molecular weight is 187 g/mol. The zero-order valence-electron chi connectivity index (χ0n) is 7.93. The van der Waals surface area contributed by atoms with Crippen LogP contribution in [-0.2, 0) is 9.59 Å². The summed E-state index contributed by atoms with van der Waals surface area (Å²) in [5, 5.41) is 4.76. The topological polar surface area (TPSA) is 84.2 Å². The van der Waals surface area contributed by atoms with Crippen molar-refractivity contribution in [1.29, 1.82) is 0 Å². The van der Waals surface area contributed by atoms with Crippen LogP contribution in [0.25, 0.3) is 0 Å². The molecule has 13 heavy (non-hydrogen) atoms. The normalized spacial score (nSPS) is 15.2. The van der Waals surface area contributed by atoms with Gasteiger partial charge in [-0.15, -0.1) is 0 Å². The van der Waals surface area contributed by atoms with Crippen LogP contribution in [-0.4, -0.2) is 31.4 Å². The second-order valence-electron chi connectivity index (χ2n) is 2.70. The summed E-state index contributed by atoms with van der Waals surface area (Å²) in [5.74, 6) is -0.241. The SMILES string of the molecule is CCCCN.O=C1CNC(=O)CN1. The Labute approximate surface area is 78.1 Å². The first-order chi connectivity index (χ1) is 6.20. The number of nitrogens with two attached hydrogens (primary N) is 1. The monoisotopic (exact) mass is 187 g/mol. The van der Waals surface area contributed by atoms with Crippen molar-refractivity contribution in [1.82, 2.24) is 10.6 Å². The third-order valence-corrected chi connectivity index (χ3v) is 1.45. The van der Waals surface area contributed by atoms with E-state index in [0.29, 0.717) is 0 Å². The van der Waals surface area contributed by atoms with E-state index >= 15 is 0 Å². The van der Waals surface area contributed by atoms with E-state index in [9.17, 15) is 9.59 Å². The summed E-state index contributed by atoms with van der Waals surface area (Å²) < 4.78 is 0. The molecule has 1 aliphatic heterocycles. The first-order valence-corrected chi connectivity index (χ1v) is 4.44. The molecule has 0 unspecified atom stereocenters. The lowest BCUT2D eigenvalue weighted by Gasteiger charge is -2.10. The summed E-state index contributed by atoms with van der Waals surface area (Å²) >= 11 is 0. The van der Waals surface area contributed by atoms with Gasteiger partial charge in [-0.3, -0.25) is 9.59 Å². The van der Waals surface area contributed by atoms with Crippen molar-refractivity contribution in [3.63, 3.8) is 0 Å². The van der Waals surface area contributed by atoms with Gasteiger partial charge in [-0.05, 0) is 13.0 Å². The third kappa shape index (κ3) is 7.27. The zero-order valence-corrected chi connectivity index (χ0v) is 7.93. The molecule has 0 aromatic heterocycles. The van der Waals surface area contributed by atoms with E-state index in [0.717, 1.165) is 6.54 Å². The lowest BCUT2D eigenvalue weighted by Crippen LogP contribution is -2.48. The van der Waals surface area contributed by atoms with Gasteiger partial charge in [0, 0.05) is 0 Å². The van der Waals surface area contributed by atoms with Gasteiger partial charge in [-0.1, -0.05) is 13.3 Å². The molecule has 5 heteroatoms. The third-order valence-electron chi connectivity index (χ3n) is 1.45. The molecule has 4 N–H and O–H groups in total. The molecule has 0 aliphatic carbocycles. The number of piperazine rings is 1. The number of nitrogens with one attached hydrogen (secondary N) is 2. The summed E-state index contributed by atoms with van der Waals surface area (Å²) in [6.07, 6.45) is 2.39. The Hall–Kier alpha value is -1.10. The van der Waals surface area contributed by atoms with E-state index in [4.69, 9.17) is 5.73 Å².